The van der Waals surface area contributed by atoms with Gasteiger partial charge in [0.2, 0.25) is 0 Å². The van der Waals surface area contributed by atoms with Crippen LogP contribution in [0.15, 0.2) is 66.2 Å². The van der Waals surface area contributed by atoms with Crippen LogP contribution in [-0.2, 0) is 6.42 Å². The molecule has 4 aromatic rings. The van der Waals surface area contributed by atoms with E-state index in [0.717, 1.165) is 11.5 Å². The fraction of sp³-hybridized carbons (Fsp3) is 0.100. The van der Waals surface area contributed by atoms with Crippen molar-refractivity contribution in [2.75, 3.05) is 11.9 Å². The number of rotatable bonds is 6. The summed E-state index contributed by atoms with van der Waals surface area (Å²) in [6.07, 6.45) is 2.43. The number of fused-ring (bicyclic) bond motifs is 1. The normalized spacial score (nSPS) is 10.7. The van der Waals surface area contributed by atoms with E-state index < -0.39 is 0 Å². The minimum atomic E-state index is -0.254. The molecule has 0 aliphatic carbocycles. The molecule has 2 N–H and O–H groups in total. The zero-order valence-electron chi connectivity index (χ0n) is 14.8. The van der Waals surface area contributed by atoms with Crippen LogP contribution >= 0.6 is 11.3 Å². The van der Waals surface area contributed by atoms with Crippen molar-refractivity contribution in [3.63, 3.8) is 0 Å². The molecule has 0 aliphatic heterocycles. The monoisotopic (exact) mass is 391 g/mol. The molecule has 2 amide bonds. The SMILES string of the molecule is O=C(Nc1ccccc1C(=O)NCCc1nnc2ccccn12)c1cccs1. The molecule has 0 fully saturated rings. The predicted molar refractivity (Wildman–Crippen MR) is 108 cm³/mol. The van der Waals surface area contributed by atoms with Crippen molar-refractivity contribution >= 4 is 34.5 Å². The molecule has 3 aromatic heterocycles. The molecule has 7 nitrogen and oxygen atoms in total. The van der Waals surface area contributed by atoms with Gasteiger partial charge in [0.15, 0.2) is 5.65 Å². The van der Waals surface area contributed by atoms with Crippen LogP contribution in [0.4, 0.5) is 5.69 Å². The van der Waals surface area contributed by atoms with Gasteiger partial charge in [0.05, 0.1) is 16.1 Å². The Labute approximate surface area is 165 Å². The van der Waals surface area contributed by atoms with E-state index in [2.05, 4.69) is 20.8 Å². The third kappa shape index (κ3) is 3.77. The van der Waals surface area contributed by atoms with Crippen molar-refractivity contribution in [1.29, 1.82) is 0 Å². The second kappa shape index (κ2) is 8.01. The molecule has 140 valence electrons. The van der Waals surface area contributed by atoms with Crippen LogP contribution in [0.25, 0.3) is 5.65 Å². The van der Waals surface area contributed by atoms with Crippen LogP contribution in [0.1, 0.15) is 25.9 Å². The molecule has 8 heteroatoms. The van der Waals surface area contributed by atoms with Gasteiger partial charge in [-0.2, -0.15) is 0 Å². The molecule has 0 saturated carbocycles. The second-order valence-corrected chi connectivity index (χ2v) is 6.98. The number of amides is 2. The highest BCUT2D eigenvalue weighted by Gasteiger charge is 2.14. The number of aromatic nitrogens is 3. The van der Waals surface area contributed by atoms with Gasteiger partial charge in [0.25, 0.3) is 11.8 Å². The number of hydrogen-bond acceptors (Lipinski definition) is 5. The first kappa shape index (κ1) is 17.9. The van der Waals surface area contributed by atoms with Crippen molar-refractivity contribution in [3.05, 3.63) is 82.4 Å². The molecule has 0 spiro atoms. The summed E-state index contributed by atoms with van der Waals surface area (Å²) in [4.78, 5) is 25.5. The standard InChI is InChI=1S/C20H17N5O2S/c26-19(21-11-10-18-24-23-17-9-3-4-12-25(17)18)14-6-1-2-7-15(14)22-20(27)16-8-5-13-28-16/h1-9,12-13H,10-11H2,(H,21,26)(H,22,27). The molecule has 0 bridgehead atoms. The lowest BCUT2D eigenvalue weighted by Gasteiger charge is -2.11. The van der Waals surface area contributed by atoms with Crippen molar-refractivity contribution in [2.24, 2.45) is 0 Å². The van der Waals surface area contributed by atoms with Crippen LogP contribution in [0, 0.1) is 0 Å². The Hall–Kier alpha value is -3.52. The topological polar surface area (TPSA) is 88.4 Å². The number of benzene rings is 1. The first-order valence-electron chi connectivity index (χ1n) is 8.73. The Bertz CT molecular complexity index is 1120. The van der Waals surface area contributed by atoms with Crippen molar-refractivity contribution in [3.8, 4) is 0 Å². The van der Waals surface area contributed by atoms with Crippen LogP contribution in [0.2, 0.25) is 0 Å². The molecule has 28 heavy (non-hydrogen) atoms. The van der Waals surface area contributed by atoms with E-state index >= 15 is 0 Å². The Balaban J connectivity index is 1.41. The Kier molecular flexibility index (Phi) is 5.11. The number of carbonyl (C=O) groups is 2. The number of pyridine rings is 1. The molecular weight excluding hydrogens is 374 g/mol. The average molecular weight is 391 g/mol. The van der Waals surface area contributed by atoms with Crippen LogP contribution in [-0.4, -0.2) is 33.0 Å². The fourth-order valence-corrected chi connectivity index (χ4v) is 3.45. The summed E-state index contributed by atoms with van der Waals surface area (Å²) in [7, 11) is 0. The number of para-hydroxylation sites is 1. The lowest BCUT2D eigenvalue weighted by Crippen LogP contribution is -2.27. The molecule has 0 radical (unpaired) electrons. The molecule has 0 unspecified atom stereocenters. The first-order valence-corrected chi connectivity index (χ1v) is 9.61. The highest BCUT2D eigenvalue weighted by Crippen LogP contribution is 2.18. The van der Waals surface area contributed by atoms with E-state index in [1.807, 2.05) is 40.2 Å². The lowest BCUT2D eigenvalue weighted by molar-refractivity contribution is 0.0955. The number of nitrogens with zero attached hydrogens (tertiary/aromatic N) is 3. The number of thiophene rings is 1. The molecule has 3 heterocycles. The van der Waals surface area contributed by atoms with Crippen LogP contribution < -0.4 is 10.6 Å². The van der Waals surface area contributed by atoms with Crippen molar-refractivity contribution in [1.82, 2.24) is 19.9 Å². The number of hydrogen-bond donors (Lipinski definition) is 2. The van der Waals surface area contributed by atoms with Gasteiger partial charge in [0, 0.05) is 19.2 Å². The maximum atomic E-state index is 12.6. The third-order valence-electron chi connectivity index (χ3n) is 4.18. The minimum absolute atomic E-state index is 0.231. The van der Waals surface area contributed by atoms with Gasteiger partial charge in [-0.15, -0.1) is 21.5 Å². The maximum Gasteiger partial charge on any atom is 0.265 e. The minimum Gasteiger partial charge on any atom is -0.352 e. The number of anilines is 1. The van der Waals surface area contributed by atoms with Crippen LogP contribution in [0.3, 0.4) is 0 Å². The summed E-state index contributed by atoms with van der Waals surface area (Å²) < 4.78 is 1.89. The smallest absolute Gasteiger partial charge is 0.265 e. The third-order valence-corrected chi connectivity index (χ3v) is 5.05. The Morgan fingerprint density at radius 2 is 1.82 bits per heavy atom. The van der Waals surface area contributed by atoms with Crippen LogP contribution in [0.5, 0.6) is 0 Å². The molecule has 0 saturated heterocycles. The first-order chi connectivity index (χ1) is 13.7. The average Bonchev–Trinajstić information content (AvgIpc) is 3.39. The summed E-state index contributed by atoms with van der Waals surface area (Å²) in [6.45, 7) is 0.404. The summed E-state index contributed by atoms with van der Waals surface area (Å²) in [6, 6.07) is 16.2. The van der Waals surface area contributed by atoms with E-state index in [1.54, 1.807) is 30.3 Å². The summed E-state index contributed by atoms with van der Waals surface area (Å²) >= 11 is 1.35. The van der Waals surface area contributed by atoms with Gasteiger partial charge in [0.1, 0.15) is 5.82 Å². The van der Waals surface area contributed by atoms with Gasteiger partial charge in [-0.05, 0) is 35.7 Å². The maximum absolute atomic E-state index is 12.6. The van der Waals surface area contributed by atoms with E-state index in [1.165, 1.54) is 11.3 Å². The number of carbonyl (C=O) groups excluding carboxylic acids is 2. The summed E-state index contributed by atoms with van der Waals surface area (Å²) in [5, 5.41) is 15.8. The molecule has 0 atom stereocenters. The Morgan fingerprint density at radius 1 is 0.964 bits per heavy atom. The lowest BCUT2D eigenvalue weighted by atomic mass is 10.1. The zero-order chi connectivity index (χ0) is 19.3. The molecular formula is C20H17N5O2S. The summed E-state index contributed by atoms with van der Waals surface area (Å²) in [5.41, 5.74) is 1.66. The second-order valence-electron chi connectivity index (χ2n) is 6.03. The fourth-order valence-electron chi connectivity index (χ4n) is 2.83. The predicted octanol–water partition coefficient (Wildman–Crippen LogP) is 3.02. The van der Waals surface area contributed by atoms with Crippen molar-refractivity contribution in [2.45, 2.75) is 6.42 Å². The molecule has 4 rings (SSSR count). The van der Waals surface area contributed by atoms with Gasteiger partial charge in [-0.25, -0.2) is 0 Å². The highest BCUT2D eigenvalue weighted by molar-refractivity contribution is 7.12. The van der Waals surface area contributed by atoms with Crippen molar-refractivity contribution < 1.29 is 9.59 Å². The van der Waals surface area contributed by atoms with E-state index in [4.69, 9.17) is 0 Å². The van der Waals surface area contributed by atoms with Gasteiger partial charge < -0.3 is 10.6 Å². The van der Waals surface area contributed by atoms with E-state index in [0.29, 0.717) is 29.1 Å². The Morgan fingerprint density at radius 3 is 2.68 bits per heavy atom. The summed E-state index contributed by atoms with van der Waals surface area (Å²) in [5.74, 6) is 0.288. The largest absolute Gasteiger partial charge is 0.352 e. The zero-order valence-corrected chi connectivity index (χ0v) is 15.6. The van der Waals surface area contributed by atoms with Gasteiger partial charge in [-0.1, -0.05) is 24.3 Å². The van der Waals surface area contributed by atoms with E-state index in [9.17, 15) is 9.59 Å². The van der Waals surface area contributed by atoms with Gasteiger partial charge >= 0.3 is 0 Å². The quantitative estimate of drug-likeness (QED) is 0.529. The molecule has 1 aromatic carbocycles. The molecule has 0 aliphatic rings. The van der Waals surface area contributed by atoms with E-state index in [-0.39, 0.29) is 11.8 Å². The highest BCUT2D eigenvalue weighted by atomic mass is 32.1. The number of nitrogens with one attached hydrogen (secondary N) is 2. The van der Waals surface area contributed by atoms with Gasteiger partial charge in [-0.3, -0.25) is 14.0 Å².